The third-order valence-electron chi connectivity index (χ3n) is 3.70. The maximum Gasteiger partial charge on any atom is 0.224 e. The van der Waals surface area contributed by atoms with Crippen LogP contribution in [0.2, 0.25) is 0 Å². The molecule has 0 atom stereocenters. The van der Waals surface area contributed by atoms with Gasteiger partial charge < -0.3 is 16.0 Å². The van der Waals surface area contributed by atoms with Crippen LogP contribution in [-0.2, 0) is 24.3 Å². The molecule has 0 aliphatic heterocycles. The Balaban J connectivity index is 1.59. The van der Waals surface area contributed by atoms with Gasteiger partial charge in [-0.1, -0.05) is 36.4 Å². The number of amides is 1. The Morgan fingerprint density at radius 1 is 1.05 bits per heavy atom. The first kappa shape index (κ1) is 14.4. The molecule has 3 rings (SSSR count). The van der Waals surface area contributed by atoms with Crippen molar-refractivity contribution in [1.82, 2.24) is 10.3 Å². The number of rotatable bonds is 5. The van der Waals surface area contributed by atoms with Crippen LogP contribution in [0, 0.1) is 0 Å². The highest BCUT2D eigenvalue weighted by Gasteiger charge is 2.05. The minimum absolute atomic E-state index is 0.0176. The largest absolute Gasteiger partial charge is 0.361 e. The fraction of sp³-hybridized carbons (Fsp3) is 0.167. The predicted molar refractivity (Wildman–Crippen MR) is 88.2 cm³/mol. The molecule has 0 unspecified atom stereocenters. The molecule has 22 heavy (non-hydrogen) atoms. The summed E-state index contributed by atoms with van der Waals surface area (Å²) in [5.41, 5.74) is 9.82. The van der Waals surface area contributed by atoms with Crippen molar-refractivity contribution in [2.45, 2.75) is 19.5 Å². The van der Waals surface area contributed by atoms with Crippen LogP contribution in [0.3, 0.4) is 0 Å². The Morgan fingerprint density at radius 3 is 2.77 bits per heavy atom. The van der Waals surface area contributed by atoms with Crippen molar-refractivity contribution in [3.05, 3.63) is 71.4 Å². The van der Waals surface area contributed by atoms with Crippen LogP contribution < -0.4 is 11.1 Å². The quantitative estimate of drug-likeness (QED) is 0.676. The monoisotopic (exact) mass is 293 g/mol. The number of carbonyl (C=O) groups excluding carboxylic acids is 1. The van der Waals surface area contributed by atoms with Gasteiger partial charge in [-0.3, -0.25) is 4.79 Å². The van der Waals surface area contributed by atoms with Gasteiger partial charge in [-0.2, -0.15) is 0 Å². The van der Waals surface area contributed by atoms with E-state index in [4.69, 9.17) is 5.73 Å². The molecule has 0 saturated carbocycles. The number of aromatic nitrogens is 1. The molecular formula is C18H19N3O. The summed E-state index contributed by atoms with van der Waals surface area (Å²) in [6.07, 6.45) is 2.28. The summed E-state index contributed by atoms with van der Waals surface area (Å²) in [4.78, 5) is 15.2. The molecule has 1 heterocycles. The van der Waals surface area contributed by atoms with Crippen molar-refractivity contribution in [2.24, 2.45) is 5.73 Å². The van der Waals surface area contributed by atoms with Gasteiger partial charge in [0.25, 0.3) is 0 Å². The first-order valence-corrected chi connectivity index (χ1v) is 7.35. The average Bonchev–Trinajstić information content (AvgIpc) is 3.01. The van der Waals surface area contributed by atoms with E-state index in [0.29, 0.717) is 19.5 Å². The molecule has 1 amide bonds. The third-order valence-corrected chi connectivity index (χ3v) is 3.70. The first-order valence-electron chi connectivity index (χ1n) is 7.35. The number of fused-ring (bicyclic) bond motifs is 1. The molecule has 0 saturated heterocycles. The summed E-state index contributed by atoms with van der Waals surface area (Å²) in [7, 11) is 0. The number of benzene rings is 2. The molecule has 0 radical (unpaired) electrons. The van der Waals surface area contributed by atoms with Gasteiger partial charge in [0.15, 0.2) is 0 Å². The van der Waals surface area contributed by atoms with E-state index in [1.54, 1.807) is 0 Å². The van der Waals surface area contributed by atoms with Gasteiger partial charge in [0.2, 0.25) is 5.91 Å². The molecule has 0 fully saturated rings. The van der Waals surface area contributed by atoms with E-state index in [2.05, 4.69) is 10.3 Å². The Morgan fingerprint density at radius 2 is 1.91 bits per heavy atom. The third kappa shape index (κ3) is 3.35. The van der Waals surface area contributed by atoms with Gasteiger partial charge in [-0.05, 0) is 34.2 Å². The fourth-order valence-electron chi connectivity index (χ4n) is 2.52. The van der Waals surface area contributed by atoms with Crippen LogP contribution in [0.25, 0.3) is 10.9 Å². The normalized spacial score (nSPS) is 10.8. The van der Waals surface area contributed by atoms with E-state index in [1.807, 2.05) is 54.7 Å². The van der Waals surface area contributed by atoms with Crippen LogP contribution >= 0.6 is 0 Å². The van der Waals surface area contributed by atoms with Crippen molar-refractivity contribution < 1.29 is 4.79 Å². The molecule has 112 valence electrons. The summed E-state index contributed by atoms with van der Waals surface area (Å²) >= 11 is 0. The molecule has 0 bridgehead atoms. The Hall–Kier alpha value is -2.59. The standard InChI is InChI=1S/C18H19N3O/c19-11-14-2-1-3-15(8-14)12-21-18(22)10-13-4-5-16-6-7-20-17(16)9-13/h1-9,20H,10-12,19H2,(H,21,22). The van der Waals surface area contributed by atoms with E-state index >= 15 is 0 Å². The molecule has 3 aromatic rings. The highest BCUT2D eigenvalue weighted by molar-refractivity contribution is 5.83. The van der Waals surface area contributed by atoms with Gasteiger partial charge in [0.1, 0.15) is 0 Å². The molecule has 2 aromatic carbocycles. The second kappa shape index (κ2) is 6.45. The van der Waals surface area contributed by atoms with E-state index in [1.165, 1.54) is 0 Å². The van der Waals surface area contributed by atoms with E-state index in [-0.39, 0.29) is 5.91 Å². The smallest absolute Gasteiger partial charge is 0.224 e. The van der Waals surface area contributed by atoms with Crippen molar-refractivity contribution in [1.29, 1.82) is 0 Å². The maximum atomic E-state index is 12.1. The molecule has 1 aromatic heterocycles. The number of nitrogens with two attached hydrogens (primary N) is 1. The Labute approximate surface area is 129 Å². The highest BCUT2D eigenvalue weighted by atomic mass is 16.1. The van der Waals surface area contributed by atoms with Crippen LogP contribution in [0.1, 0.15) is 16.7 Å². The van der Waals surface area contributed by atoms with Crippen LogP contribution in [0.5, 0.6) is 0 Å². The number of nitrogens with one attached hydrogen (secondary N) is 2. The van der Waals surface area contributed by atoms with E-state index < -0.39 is 0 Å². The zero-order chi connectivity index (χ0) is 15.4. The number of aromatic amines is 1. The average molecular weight is 293 g/mol. The molecule has 0 aliphatic carbocycles. The number of H-pyrrole nitrogens is 1. The van der Waals surface area contributed by atoms with Gasteiger partial charge >= 0.3 is 0 Å². The minimum atomic E-state index is 0.0176. The summed E-state index contributed by atoms with van der Waals surface area (Å²) in [6, 6.07) is 16.0. The summed E-state index contributed by atoms with van der Waals surface area (Å²) in [5.74, 6) is 0.0176. The van der Waals surface area contributed by atoms with Crippen molar-refractivity contribution in [3.63, 3.8) is 0 Å². The van der Waals surface area contributed by atoms with Gasteiger partial charge in [0.05, 0.1) is 6.42 Å². The lowest BCUT2D eigenvalue weighted by molar-refractivity contribution is -0.120. The SMILES string of the molecule is NCc1cccc(CNC(=O)Cc2ccc3cc[nH]c3c2)c1. The summed E-state index contributed by atoms with van der Waals surface area (Å²) in [6.45, 7) is 1.04. The lowest BCUT2D eigenvalue weighted by atomic mass is 10.1. The van der Waals surface area contributed by atoms with Crippen LogP contribution in [0.4, 0.5) is 0 Å². The van der Waals surface area contributed by atoms with Crippen molar-refractivity contribution in [2.75, 3.05) is 0 Å². The zero-order valence-corrected chi connectivity index (χ0v) is 12.3. The van der Waals surface area contributed by atoms with Gasteiger partial charge in [-0.15, -0.1) is 0 Å². The van der Waals surface area contributed by atoms with Crippen molar-refractivity contribution in [3.8, 4) is 0 Å². The van der Waals surface area contributed by atoms with Gasteiger partial charge in [-0.25, -0.2) is 0 Å². The van der Waals surface area contributed by atoms with E-state index in [0.717, 1.165) is 27.6 Å². The predicted octanol–water partition coefficient (Wildman–Crippen LogP) is 2.49. The second-order valence-corrected chi connectivity index (χ2v) is 5.38. The maximum absolute atomic E-state index is 12.1. The zero-order valence-electron chi connectivity index (χ0n) is 12.3. The topological polar surface area (TPSA) is 70.9 Å². The second-order valence-electron chi connectivity index (χ2n) is 5.38. The molecule has 0 aliphatic rings. The number of carbonyl (C=O) groups is 1. The van der Waals surface area contributed by atoms with Crippen LogP contribution in [0.15, 0.2) is 54.7 Å². The summed E-state index contributed by atoms with van der Waals surface area (Å²) in [5, 5.41) is 4.11. The summed E-state index contributed by atoms with van der Waals surface area (Å²) < 4.78 is 0. The molecule has 4 heteroatoms. The van der Waals surface area contributed by atoms with Crippen LogP contribution in [-0.4, -0.2) is 10.9 Å². The van der Waals surface area contributed by atoms with Gasteiger partial charge in [0, 0.05) is 24.8 Å². The lowest BCUT2D eigenvalue weighted by Crippen LogP contribution is -2.24. The molecule has 4 nitrogen and oxygen atoms in total. The molecular weight excluding hydrogens is 274 g/mol. The van der Waals surface area contributed by atoms with E-state index in [9.17, 15) is 4.79 Å². The lowest BCUT2D eigenvalue weighted by Gasteiger charge is -2.07. The highest BCUT2D eigenvalue weighted by Crippen LogP contribution is 2.14. The molecule has 4 N–H and O–H groups in total. The van der Waals surface area contributed by atoms with Crippen molar-refractivity contribution >= 4 is 16.8 Å². The number of hydrogen-bond acceptors (Lipinski definition) is 2. The fourth-order valence-corrected chi connectivity index (χ4v) is 2.52. The molecule has 0 spiro atoms. The number of hydrogen-bond donors (Lipinski definition) is 3. The first-order chi connectivity index (χ1) is 10.7. The Kier molecular flexibility index (Phi) is 4.21. The Bertz CT molecular complexity index is 792. The minimum Gasteiger partial charge on any atom is -0.361 e.